The summed E-state index contributed by atoms with van der Waals surface area (Å²) in [5.41, 5.74) is 9.48. The van der Waals surface area contributed by atoms with Crippen LogP contribution in [0.5, 0.6) is 0 Å². The standard InChI is InChI=1S/C45H61N7O7S/c1-9-51-36-17-16-30(22-32(36)33(24-45(5,6)26-58-27-53)41(51)31-14-12-18-46-39(31)29(4)57-8)35-25-60-38(48-35)23-34(43(55)52-20-11-10-19-47-52)49-42(54)40(28(2)3)50(7)44(56)37-15-13-21-59-37/h12,14,16-18,22,25,27-29,34,37,40,47H,9-11,13,15,19-21,23-24,26H2,1-8H3,(H,49,54). The van der Waals surface area contributed by atoms with Gasteiger partial charge < -0.3 is 29.0 Å². The predicted molar refractivity (Wildman–Crippen MR) is 232 cm³/mol. The Bertz CT molecular complexity index is 2140. The van der Waals surface area contributed by atoms with E-state index in [1.54, 1.807) is 25.4 Å². The lowest BCUT2D eigenvalue weighted by atomic mass is 9.84. The van der Waals surface area contributed by atoms with Crippen LogP contribution in [0.25, 0.3) is 33.4 Å². The van der Waals surface area contributed by atoms with E-state index in [1.165, 1.54) is 16.2 Å². The lowest BCUT2D eigenvalue weighted by molar-refractivity contribution is -0.148. The van der Waals surface area contributed by atoms with E-state index in [4.69, 9.17) is 24.2 Å². The maximum absolute atomic E-state index is 14.1. The van der Waals surface area contributed by atoms with Crippen molar-refractivity contribution in [1.29, 1.82) is 0 Å². The zero-order valence-corrected chi connectivity index (χ0v) is 37.1. The summed E-state index contributed by atoms with van der Waals surface area (Å²) in [5, 5.41) is 8.38. The molecule has 0 bridgehead atoms. The fourth-order valence-corrected chi connectivity index (χ4v) is 9.39. The molecule has 324 valence electrons. The highest BCUT2D eigenvalue weighted by atomic mass is 32.1. The SMILES string of the molecule is CCn1c(-c2cccnc2C(C)OC)c(CC(C)(C)COC=O)c2cc(-c3csc(CC(NC(=O)C(C(C)C)N(C)C(=O)C4CCCO4)C(=O)N4CCCCN4)n3)ccc21. The molecule has 6 rings (SSSR count). The highest BCUT2D eigenvalue weighted by Crippen LogP contribution is 2.42. The summed E-state index contributed by atoms with van der Waals surface area (Å²) in [6.45, 7) is 15.3. The van der Waals surface area contributed by atoms with Gasteiger partial charge in [0.05, 0.1) is 34.8 Å². The van der Waals surface area contributed by atoms with Crippen LogP contribution in [-0.2, 0) is 52.8 Å². The van der Waals surface area contributed by atoms with Gasteiger partial charge in [0.2, 0.25) is 5.91 Å². The zero-order valence-electron chi connectivity index (χ0n) is 36.3. The average molecular weight is 844 g/mol. The average Bonchev–Trinajstić information content (AvgIpc) is 4.02. The predicted octanol–water partition coefficient (Wildman–Crippen LogP) is 6.11. The number of nitrogens with zero attached hydrogens (tertiary/aromatic N) is 5. The van der Waals surface area contributed by atoms with Crippen LogP contribution in [0.3, 0.4) is 0 Å². The van der Waals surface area contributed by atoms with Crippen molar-refractivity contribution < 1.29 is 33.4 Å². The van der Waals surface area contributed by atoms with Gasteiger partial charge in [-0.3, -0.25) is 29.2 Å². The third-order valence-electron chi connectivity index (χ3n) is 11.6. The summed E-state index contributed by atoms with van der Waals surface area (Å²) in [4.78, 5) is 64.2. The first-order chi connectivity index (χ1) is 28.8. The molecule has 3 aromatic heterocycles. The van der Waals surface area contributed by atoms with Gasteiger partial charge in [0, 0.05) is 85.8 Å². The van der Waals surface area contributed by atoms with E-state index in [0.29, 0.717) is 50.6 Å². The van der Waals surface area contributed by atoms with Gasteiger partial charge in [-0.25, -0.2) is 10.4 Å². The Morgan fingerprint density at radius 3 is 2.63 bits per heavy atom. The van der Waals surface area contributed by atoms with Gasteiger partial charge in [-0.2, -0.15) is 0 Å². The first-order valence-corrected chi connectivity index (χ1v) is 22.0. The van der Waals surface area contributed by atoms with E-state index < -0.39 is 29.5 Å². The highest BCUT2D eigenvalue weighted by Gasteiger charge is 2.38. The van der Waals surface area contributed by atoms with Crippen molar-refractivity contribution in [3.05, 3.63) is 58.2 Å². The number of ether oxygens (including phenoxy) is 3. The molecule has 4 unspecified atom stereocenters. The van der Waals surface area contributed by atoms with Crippen LogP contribution < -0.4 is 10.7 Å². The number of pyridine rings is 1. The summed E-state index contributed by atoms with van der Waals surface area (Å²) < 4.78 is 19.0. The minimum absolute atomic E-state index is 0.178. The number of benzene rings is 1. The largest absolute Gasteiger partial charge is 0.467 e. The van der Waals surface area contributed by atoms with Crippen molar-refractivity contribution in [1.82, 2.24) is 35.2 Å². The molecule has 2 fully saturated rings. The van der Waals surface area contributed by atoms with Crippen molar-refractivity contribution in [3.63, 3.8) is 0 Å². The van der Waals surface area contributed by atoms with Crippen LogP contribution in [0, 0.1) is 11.3 Å². The molecule has 5 heterocycles. The summed E-state index contributed by atoms with van der Waals surface area (Å²) in [6.07, 6.45) is 5.00. The molecule has 0 radical (unpaired) electrons. The van der Waals surface area contributed by atoms with E-state index in [0.717, 1.165) is 63.9 Å². The van der Waals surface area contributed by atoms with Crippen LogP contribution in [0.1, 0.15) is 89.6 Å². The number of nitrogens with one attached hydrogen (secondary N) is 2. The topological polar surface area (TPSA) is 157 Å². The first-order valence-electron chi connectivity index (χ1n) is 21.1. The van der Waals surface area contributed by atoms with E-state index in [9.17, 15) is 19.2 Å². The van der Waals surface area contributed by atoms with Gasteiger partial charge in [0.15, 0.2) is 0 Å². The lowest BCUT2D eigenvalue weighted by Gasteiger charge is -2.34. The number of carbonyl (C=O) groups excluding carboxylic acids is 4. The van der Waals surface area contributed by atoms with E-state index >= 15 is 0 Å². The van der Waals surface area contributed by atoms with Gasteiger partial charge in [0.1, 0.15) is 18.2 Å². The number of aryl methyl sites for hydroxylation is 1. The number of carbonyl (C=O) groups is 4. The molecular formula is C45H61N7O7S. The Balaban J connectivity index is 1.35. The van der Waals surface area contributed by atoms with Gasteiger partial charge in [-0.15, -0.1) is 11.3 Å². The third-order valence-corrected chi connectivity index (χ3v) is 12.5. The van der Waals surface area contributed by atoms with Gasteiger partial charge in [0.25, 0.3) is 18.3 Å². The number of hydrogen-bond acceptors (Lipinski definition) is 11. The minimum atomic E-state index is -0.913. The molecule has 4 atom stereocenters. The summed E-state index contributed by atoms with van der Waals surface area (Å²) in [7, 11) is 3.32. The maximum Gasteiger partial charge on any atom is 0.293 e. The molecule has 60 heavy (non-hydrogen) atoms. The van der Waals surface area contributed by atoms with Crippen molar-refractivity contribution >= 4 is 46.4 Å². The molecule has 1 aromatic carbocycles. The molecule has 14 nitrogen and oxygen atoms in total. The normalized spacial score (nSPS) is 17.4. The van der Waals surface area contributed by atoms with Crippen molar-refractivity contribution in [3.8, 4) is 22.5 Å². The Morgan fingerprint density at radius 1 is 1.17 bits per heavy atom. The monoisotopic (exact) mass is 843 g/mol. The third kappa shape index (κ3) is 9.91. The Labute approximate surface area is 357 Å². The molecule has 15 heteroatoms. The minimum Gasteiger partial charge on any atom is -0.467 e. The van der Waals surface area contributed by atoms with Crippen molar-refractivity contribution in [2.45, 2.75) is 111 Å². The van der Waals surface area contributed by atoms with Crippen LogP contribution in [0.2, 0.25) is 0 Å². The number of amides is 3. The fraction of sp³-hybridized carbons (Fsp3) is 0.556. The molecule has 2 saturated heterocycles. The van der Waals surface area contributed by atoms with E-state index in [2.05, 4.69) is 60.3 Å². The van der Waals surface area contributed by atoms with Crippen LogP contribution in [0.4, 0.5) is 0 Å². The van der Waals surface area contributed by atoms with Gasteiger partial charge in [-0.1, -0.05) is 33.8 Å². The van der Waals surface area contributed by atoms with Crippen LogP contribution in [-0.4, -0.2) is 107 Å². The Kier molecular flexibility index (Phi) is 14.8. The molecule has 0 spiro atoms. The van der Waals surface area contributed by atoms with Crippen molar-refractivity contribution in [2.24, 2.45) is 11.3 Å². The summed E-state index contributed by atoms with van der Waals surface area (Å²) >= 11 is 1.44. The molecule has 0 aliphatic carbocycles. The molecule has 2 aliphatic heterocycles. The number of thiazole rings is 1. The highest BCUT2D eigenvalue weighted by molar-refractivity contribution is 7.10. The fourth-order valence-electron chi connectivity index (χ4n) is 8.54. The zero-order chi connectivity index (χ0) is 43.1. The number of hydrogen-bond donors (Lipinski definition) is 2. The summed E-state index contributed by atoms with van der Waals surface area (Å²) in [6, 6.07) is 8.68. The van der Waals surface area contributed by atoms with E-state index in [-0.39, 0.29) is 36.9 Å². The van der Waals surface area contributed by atoms with Crippen LogP contribution in [0.15, 0.2) is 41.9 Å². The first kappa shape index (κ1) is 44.8. The number of methoxy groups -OCH3 is 1. The number of fused-ring (bicyclic) bond motifs is 1. The quantitative estimate of drug-likeness (QED) is 0.112. The molecule has 2 aliphatic rings. The molecular weight excluding hydrogens is 783 g/mol. The summed E-state index contributed by atoms with van der Waals surface area (Å²) in [5.74, 6) is -1.07. The number of likely N-dealkylation sites (N-methyl/N-ethyl adjacent to an activating group) is 1. The number of aromatic nitrogens is 3. The second-order valence-electron chi connectivity index (χ2n) is 17.0. The molecule has 3 amide bonds. The number of rotatable bonds is 18. The maximum atomic E-state index is 14.1. The molecule has 4 aromatic rings. The second-order valence-corrected chi connectivity index (χ2v) is 17.9. The van der Waals surface area contributed by atoms with Gasteiger partial charge >= 0.3 is 0 Å². The lowest BCUT2D eigenvalue weighted by Crippen LogP contribution is -2.60. The van der Waals surface area contributed by atoms with Crippen molar-refractivity contribution in [2.75, 3.05) is 40.5 Å². The smallest absolute Gasteiger partial charge is 0.293 e. The Hall–Kier alpha value is -4.70. The molecule has 0 saturated carbocycles. The number of hydrazine groups is 1. The van der Waals surface area contributed by atoms with E-state index in [1.807, 2.05) is 32.2 Å². The van der Waals surface area contributed by atoms with Crippen LogP contribution >= 0.6 is 11.3 Å². The Morgan fingerprint density at radius 2 is 1.97 bits per heavy atom. The van der Waals surface area contributed by atoms with Gasteiger partial charge in [-0.05, 0) is 81.7 Å². The second kappa shape index (κ2) is 19.8. The molecule has 2 N–H and O–H groups in total.